The summed E-state index contributed by atoms with van der Waals surface area (Å²) in [7, 11) is 0. The number of fused-ring (bicyclic) bond motifs is 2. The Labute approximate surface area is 141 Å². The van der Waals surface area contributed by atoms with Crippen LogP contribution in [-0.4, -0.2) is 15.5 Å². The molecule has 4 rings (SSSR count). The van der Waals surface area contributed by atoms with Crippen LogP contribution in [-0.2, 0) is 11.3 Å². The number of nitrogens with zero attached hydrogens (tertiary/aromatic N) is 1. The Morgan fingerprint density at radius 2 is 2.00 bits per heavy atom. The third-order valence-electron chi connectivity index (χ3n) is 3.89. The van der Waals surface area contributed by atoms with Crippen molar-refractivity contribution in [1.82, 2.24) is 9.55 Å². The van der Waals surface area contributed by atoms with Crippen LogP contribution in [0.2, 0.25) is 0 Å². The number of amides is 1. The van der Waals surface area contributed by atoms with E-state index in [1.54, 1.807) is 0 Å². The lowest BCUT2D eigenvalue weighted by Gasteiger charge is -2.08. The highest BCUT2D eigenvalue weighted by Gasteiger charge is 2.07. The number of carbonyl (C=O) groups excluding carboxylic acids is 1. The van der Waals surface area contributed by atoms with Crippen molar-refractivity contribution in [1.29, 1.82) is 0 Å². The van der Waals surface area contributed by atoms with Crippen LogP contribution in [0.3, 0.4) is 0 Å². The molecular weight excluding hydrogens is 354 g/mol. The first-order valence-electron chi connectivity index (χ1n) is 7.30. The van der Waals surface area contributed by atoms with Crippen LogP contribution in [0.1, 0.15) is 0 Å². The van der Waals surface area contributed by atoms with Crippen LogP contribution in [0.4, 0.5) is 5.69 Å². The number of benzene rings is 2. The van der Waals surface area contributed by atoms with Crippen molar-refractivity contribution in [2.75, 3.05) is 5.32 Å². The van der Waals surface area contributed by atoms with E-state index in [-0.39, 0.29) is 12.5 Å². The Kier molecular flexibility index (Phi) is 3.42. The SMILES string of the molecule is O=C(Cn1ccc2cc(Br)ccc21)Nc1ccc2cc[nH]c2c1. The van der Waals surface area contributed by atoms with Gasteiger partial charge in [0.25, 0.3) is 0 Å². The Morgan fingerprint density at radius 1 is 1.09 bits per heavy atom. The number of nitrogens with one attached hydrogen (secondary N) is 2. The fourth-order valence-electron chi connectivity index (χ4n) is 2.79. The van der Waals surface area contributed by atoms with Crippen molar-refractivity contribution in [2.24, 2.45) is 0 Å². The molecule has 0 spiro atoms. The molecular formula is C18H14BrN3O. The van der Waals surface area contributed by atoms with Crippen LogP contribution in [0.5, 0.6) is 0 Å². The fourth-order valence-corrected chi connectivity index (χ4v) is 3.17. The molecule has 1 amide bonds. The summed E-state index contributed by atoms with van der Waals surface area (Å²) in [5.41, 5.74) is 2.85. The van der Waals surface area contributed by atoms with E-state index in [1.807, 2.05) is 65.5 Å². The fraction of sp³-hybridized carbons (Fsp3) is 0.0556. The highest BCUT2D eigenvalue weighted by molar-refractivity contribution is 9.10. The lowest BCUT2D eigenvalue weighted by molar-refractivity contribution is -0.116. The van der Waals surface area contributed by atoms with Crippen molar-refractivity contribution in [2.45, 2.75) is 6.54 Å². The molecule has 114 valence electrons. The van der Waals surface area contributed by atoms with Crippen molar-refractivity contribution in [3.63, 3.8) is 0 Å². The number of rotatable bonds is 3. The van der Waals surface area contributed by atoms with Crippen molar-refractivity contribution in [3.05, 3.63) is 65.4 Å². The van der Waals surface area contributed by atoms with E-state index in [2.05, 4.69) is 26.2 Å². The first-order valence-corrected chi connectivity index (χ1v) is 8.10. The molecule has 0 saturated carbocycles. The molecule has 0 aliphatic rings. The molecule has 0 fully saturated rings. The van der Waals surface area contributed by atoms with Crippen LogP contribution in [0.15, 0.2) is 65.4 Å². The molecule has 2 aromatic carbocycles. The average Bonchev–Trinajstić information content (AvgIpc) is 3.13. The van der Waals surface area contributed by atoms with Gasteiger partial charge in [-0.15, -0.1) is 0 Å². The maximum Gasteiger partial charge on any atom is 0.244 e. The van der Waals surface area contributed by atoms with E-state index < -0.39 is 0 Å². The normalized spacial score (nSPS) is 11.2. The van der Waals surface area contributed by atoms with Gasteiger partial charge in [-0.2, -0.15) is 0 Å². The summed E-state index contributed by atoms with van der Waals surface area (Å²) in [6.45, 7) is 0.286. The molecule has 0 unspecified atom stereocenters. The minimum atomic E-state index is -0.0451. The predicted octanol–water partition coefficient (Wildman–Crippen LogP) is 4.52. The quantitative estimate of drug-likeness (QED) is 0.549. The zero-order chi connectivity index (χ0) is 15.8. The number of hydrogen-bond acceptors (Lipinski definition) is 1. The standard InChI is InChI=1S/C18H14BrN3O/c19-14-2-4-17-13(9-14)6-8-22(17)11-18(23)21-15-3-1-12-5-7-20-16(12)10-15/h1-10,20H,11H2,(H,21,23). The largest absolute Gasteiger partial charge is 0.361 e. The van der Waals surface area contributed by atoms with Gasteiger partial charge in [-0.05, 0) is 47.9 Å². The molecule has 0 aliphatic heterocycles. The van der Waals surface area contributed by atoms with Gasteiger partial charge < -0.3 is 14.9 Å². The minimum absolute atomic E-state index is 0.0451. The molecule has 4 aromatic rings. The first-order chi connectivity index (χ1) is 11.2. The number of carbonyl (C=O) groups is 1. The lowest BCUT2D eigenvalue weighted by Crippen LogP contribution is -2.18. The van der Waals surface area contributed by atoms with Crippen molar-refractivity contribution >= 4 is 49.3 Å². The second-order valence-electron chi connectivity index (χ2n) is 5.47. The van der Waals surface area contributed by atoms with Crippen LogP contribution in [0.25, 0.3) is 21.8 Å². The van der Waals surface area contributed by atoms with Crippen molar-refractivity contribution in [3.8, 4) is 0 Å². The summed E-state index contributed by atoms with van der Waals surface area (Å²) < 4.78 is 2.98. The summed E-state index contributed by atoms with van der Waals surface area (Å²) in [4.78, 5) is 15.5. The molecule has 5 heteroatoms. The van der Waals surface area contributed by atoms with Gasteiger partial charge in [0.05, 0.1) is 0 Å². The Bertz CT molecular complexity index is 1020. The van der Waals surface area contributed by atoms with E-state index in [0.717, 1.165) is 32.0 Å². The Morgan fingerprint density at radius 3 is 2.91 bits per heavy atom. The zero-order valence-corrected chi connectivity index (χ0v) is 13.8. The van der Waals surface area contributed by atoms with Crippen molar-refractivity contribution < 1.29 is 4.79 Å². The molecule has 0 bridgehead atoms. The number of H-pyrrole nitrogens is 1. The second-order valence-corrected chi connectivity index (χ2v) is 6.39. The van der Waals surface area contributed by atoms with Gasteiger partial charge in [0.15, 0.2) is 0 Å². The van der Waals surface area contributed by atoms with Crippen LogP contribution in [0, 0.1) is 0 Å². The van der Waals surface area contributed by atoms with Gasteiger partial charge in [0.1, 0.15) is 6.54 Å². The summed E-state index contributed by atoms with van der Waals surface area (Å²) in [6.07, 6.45) is 3.82. The molecule has 2 aromatic heterocycles. The average molecular weight is 368 g/mol. The van der Waals surface area contributed by atoms with Crippen LogP contribution < -0.4 is 5.32 Å². The molecule has 2 heterocycles. The van der Waals surface area contributed by atoms with Gasteiger partial charge in [-0.3, -0.25) is 4.79 Å². The number of hydrogen-bond donors (Lipinski definition) is 2. The zero-order valence-electron chi connectivity index (χ0n) is 12.2. The molecule has 0 radical (unpaired) electrons. The van der Waals surface area contributed by atoms with Gasteiger partial charge in [0.2, 0.25) is 5.91 Å². The van der Waals surface area contributed by atoms with Gasteiger partial charge in [0, 0.05) is 39.0 Å². The third-order valence-corrected chi connectivity index (χ3v) is 4.38. The second kappa shape index (κ2) is 5.59. The summed E-state index contributed by atoms with van der Waals surface area (Å²) in [5.74, 6) is -0.0451. The maximum absolute atomic E-state index is 12.3. The molecule has 0 aliphatic carbocycles. The molecule has 0 atom stereocenters. The highest BCUT2D eigenvalue weighted by Crippen LogP contribution is 2.21. The van der Waals surface area contributed by atoms with E-state index in [9.17, 15) is 4.79 Å². The number of anilines is 1. The van der Waals surface area contributed by atoms with Gasteiger partial charge >= 0.3 is 0 Å². The van der Waals surface area contributed by atoms with Gasteiger partial charge in [-0.1, -0.05) is 22.0 Å². The van der Waals surface area contributed by atoms with Crippen LogP contribution >= 0.6 is 15.9 Å². The van der Waals surface area contributed by atoms with E-state index in [0.29, 0.717) is 0 Å². The molecule has 23 heavy (non-hydrogen) atoms. The first kappa shape index (κ1) is 14.1. The summed E-state index contributed by atoms with van der Waals surface area (Å²) in [6, 6.07) is 15.9. The maximum atomic E-state index is 12.3. The molecule has 0 saturated heterocycles. The topological polar surface area (TPSA) is 49.8 Å². The minimum Gasteiger partial charge on any atom is -0.361 e. The molecule has 4 nitrogen and oxygen atoms in total. The van der Waals surface area contributed by atoms with Gasteiger partial charge in [-0.25, -0.2) is 0 Å². The highest BCUT2D eigenvalue weighted by atomic mass is 79.9. The number of aromatic amines is 1. The monoisotopic (exact) mass is 367 g/mol. The lowest BCUT2D eigenvalue weighted by atomic mass is 10.2. The Hall–Kier alpha value is -2.53. The summed E-state index contributed by atoms with van der Waals surface area (Å²) >= 11 is 3.46. The summed E-state index contributed by atoms with van der Waals surface area (Å²) in [5, 5.41) is 5.19. The van der Waals surface area contributed by atoms with E-state index >= 15 is 0 Å². The molecule has 2 N–H and O–H groups in total. The smallest absolute Gasteiger partial charge is 0.244 e. The number of aromatic nitrogens is 2. The predicted molar refractivity (Wildman–Crippen MR) is 96.6 cm³/mol. The van der Waals surface area contributed by atoms with E-state index in [4.69, 9.17) is 0 Å². The van der Waals surface area contributed by atoms with E-state index in [1.165, 1.54) is 0 Å². The third kappa shape index (κ3) is 2.75. The number of halogens is 1. The Balaban J connectivity index is 1.54.